The summed E-state index contributed by atoms with van der Waals surface area (Å²) in [5.74, 6) is -0.239. The van der Waals surface area contributed by atoms with Gasteiger partial charge in [-0.2, -0.15) is 4.31 Å². The Morgan fingerprint density at radius 3 is 2.68 bits per heavy atom. The Labute approximate surface area is 180 Å². The Balaban J connectivity index is 1.64. The van der Waals surface area contributed by atoms with Gasteiger partial charge in [0.1, 0.15) is 11.6 Å². The van der Waals surface area contributed by atoms with Crippen LogP contribution in [-0.4, -0.2) is 52.3 Å². The highest BCUT2D eigenvalue weighted by atomic mass is 32.2. The van der Waals surface area contributed by atoms with Crippen LogP contribution in [0.2, 0.25) is 0 Å². The number of sulfonamides is 1. The molecule has 2 aromatic rings. The molecule has 2 aliphatic rings. The molecule has 2 aliphatic heterocycles. The number of aromatic amines is 1. The summed E-state index contributed by atoms with van der Waals surface area (Å²) >= 11 is 0. The van der Waals surface area contributed by atoms with E-state index < -0.39 is 15.8 Å². The lowest BCUT2D eigenvalue weighted by Crippen LogP contribution is -2.43. The predicted octanol–water partition coefficient (Wildman–Crippen LogP) is 1.98. The monoisotopic (exact) mass is 448 g/mol. The van der Waals surface area contributed by atoms with Gasteiger partial charge in [0.15, 0.2) is 0 Å². The van der Waals surface area contributed by atoms with Crippen molar-refractivity contribution in [2.24, 2.45) is 0 Å². The van der Waals surface area contributed by atoms with E-state index in [9.17, 15) is 22.4 Å². The number of likely N-dealkylation sites (tertiary alicyclic amines) is 1. The lowest BCUT2D eigenvalue weighted by atomic mass is 9.99. The van der Waals surface area contributed by atoms with Gasteiger partial charge in [0.05, 0.1) is 23.1 Å². The molecule has 0 spiro atoms. The van der Waals surface area contributed by atoms with Crippen molar-refractivity contribution in [1.82, 2.24) is 19.2 Å². The molecule has 10 heteroatoms. The summed E-state index contributed by atoms with van der Waals surface area (Å²) in [7, 11) is -3.39. The van der Waals surface area contributed by atoms with Gasteiger partial charge in [-0.3, -0.25) is 9.59 Å². The number of piperidine rings is 1. The van der Waals surface area contributed by atoms with Crippen LogP contribution in [0.1, 0.15) is 59.7 Å². The summed E-state index contributed by atoms with van der Waals surface area (Å²) in [6, 6.07) is 5.02. The highest BCUT2D eigenvalue weighted by molar-refractivity contribution is 7.89. The van der Waals surface area contributed by atoms with Crippen LogP contribution in [0, 0.1) is 5.82 Å². The van der Waals surface area contributed by atoms with Crippen molar-refractivity contribution in [2.75, 3.05) is 18.8 Å². The number of nitrogens with zero attached hydrogens (tertiary/aromatic N) is 3. The molecule has 1 saturated heterocycles. The minimum atomic E-state index is -3.39. The van der Waals surface area contributed by atoms with E-state index in [-0.39, 0.29) is 36.4 Å². The minimum Gasteiger partial charge on any atom is -0.328 e. The van der Waals surface area contributed by atoms with Gasteiger partial charge in [-0.1, -0.05) is 0 Å². The van der Waals surface area contributed by atoms with Crippen molar-refractivity contribution in [1.29, 1.82) is 0 Å². The molecule has 31 heavy (non-hydrogen) atoms. The SMILES string of the molecule is CCS(=O)(=O)N1CCc2nc([C@H]3CCCCN3C(=O)c3ccc(F)cc3)[nH]c(=O)c2C1. The van der Waals surface area contributed by atoms with E-state index >= 15 is 0 Å². The Morgan fingerprint density at radius 2 is 1.97 bits per heavy atom. The number of amides is 1. The summed E-state index contributed by atoms with van der Waals surface area (Å²) in [6.07, 6.45) is 2.73. The molecule has 0 aliphatic carbocycles. The summed E-state index contributed by atoms with van der Waals surface area (Å²) in [6.45, 7) is 2.38. The van der Waals surface area contributed by atoms with E-state index in [4.69, 9.17) is 0 Å². The maximum absolute atomic E-state index is 13.2. The molecule has 8 nitrogen and oxygen atoms in total. The summed E-state index contributed by atoms with van der Waals surface area (Å²) in [4.78, 5) is 35.0. The molecule has 4 rings (SSSR count). The second-order valence-corrected chi connectivity index (χ2v) is 10.1. The second kappa shape index (κ2) is 8.51. The van der Waals surface area contributed by atoms with Gasteiger partial charge in [0.25, 0.3) is 11.5 Å². The first-order valence-electron chi connectivity index (χ1n) is 10.5. The average Bonchev–Trinajstić information content (AvgIpc) is 2.78. The topological polar surface area (TPSA) is 103 Å². The number of rotatable bonds is 4. The van der Waals surface area contributed by atoms with Gasteiger partial charge >= 0.3 is 0 Å². The number of halogens is 1. The largest absolute Gasteiger partial charge is 0.328 e. The van der Waals surface area contributed by atoms with Crippen molar-refractivity contribution >= 4 is 15.9 Å². The zero-order valence-electron chi connectivity index (χ0n) is 17.3. The fourth-order valence-electron chi connectivity index (χ4n) is 4.21. The van der Waals surface area contributed by atoms with Crippen LogP contribution in [0.5, 0.6) is 0 Å². The lowest BCUT2D eigenvalue weighted by molar-refractivity contribution is 0.0598. The number of aromatic nitrogens is 2. The highest BCUT2D eigenvalue weighted by Crippen LogP contribution is 2.31. The maximum atomic E-state index is 13.2. The maximum Gasteiger partial charge on any atom is 0.255 e. The van der Waals surface area contributed by atoms with E-state index in [1.54, 1.807) is 11.8 Å². The number of hydrogen-bond donors (Lipinski definition) is 1. The lowest BCUT2D eigenvalue weighted by Gasteiger charge is -2.35. The Morgan fingerprint density at radius 1 is 1.23 bits per heavy atom. The molecule has 1 fully saturated rings. The number of carbonyl (C=O) groups excluding carboxylic acids is 1. The number of benzene rings is 1. The van der Waals surface area contributed by atoms with Gasteiger partial charge in [0.2, 0.25) is 10.0 Å². The summed E-state index contributed by atoms with van der Waals surface area (Å²) in [5.41, 5.74) is 0.963. The molecule has 1 N–H and O–H groups in total. The van der Waals surface area contributed by atoms with Crippen LogP contribution in [0.15, 0.2) is 29.1 Å². The van der Waals surface area contributed by atoms with Crippen LogP contribution >= 0.6 is 0 Å². The first-order chi connectivity index (χ1) is 14.8. The van der Waals surface area contributed by atoms with Gasteiger partial charge in [-0.15, -0.1) is 0 Å². The van der Waals surface area contributed by atoms with Crippen LogP contribution < -0.4 is 5.56 Å². The summed E-state index contributed by atoms with van der Waals surface area (Å²) < 4.78 is 38.9. The highest BCUT2D eigenvalue weighted by Gasteiger charge is 2.33. The van der Waals surface area contributed by atoms with E-state index in [2.05, 4.69) is 9.97 Å². The minimum absolute atomic E-state index is 0.0109. The van der Waals surface area contributed by atoms with Crippen molar-refractivity contribution in [2.45, 2.75) is 45.2 Å². The summed E-state index contributed by atoms with van der Waals surface area (Å²) in [5, 5.41) is 0. The van der Waals surface area contributed by atoms with Gasteiger partial charge in [-0.05, 0) is 50.5 Å². The molecule has 1 atom stereocenters. The van der Waals surface area contributed by atoms with E-state index in [1.165, 1.54) is 28.6 Å². The number of H-pyrrole nitrogens is 1. The first-order valence-corrected chi connectivity index (χ1v) is 12.1. The van der Waals surface area contributed by atoms with E-state index in [0.717, 1.165) is 12.8 Å². The molecule has 0 saturated carbocycles. The fraction of sp³-hybridized carbons (Fsp3) is 0.476. The fourth-order valence-corrected chi connectivity index (χ4v) is 5.27. The first kappa shape index (κ1) is 21.6. The Kier molecular flexibility index (Phi) is 5.94. The van der Waals surface area contributed by atoms with Crippen molar-refractivity contribution < 1.29 is 17.6 Å². The molecule has 0 unspecified atom stereocenters. The normalized spacial score (nSPS) is 19.8. The van der Waals surface area contributed by atoms with Gasteiger partial charge < -0.3 is 9.88 Å². The number of nitrogens with one attached hydrogen (secondary N) is 1. The second-order valence-electron chi connectivity index (χ2n) is 7.88. The molecule has 1 amide bonds. The van der Waals surface area contributed by atoms with Crippen molar-refractivity contribution in [3.05, 3.63) is 63.1 Å². The predicted molar refractivity (Wildman–Crippen MR) is 112 cm³/mol. The third-order valence-corrected chi connectivity index (χ3v) is 7.81. The van der Waals surface area contributed by atoms with Crippen LogP contribution in [-0.2, 0) is 23.0 Å². The molecule has 1 aromatic carbocycles. The Hall–Kier alpha value is -2.59. The standard InChI is InChI=1S/C21H25FN4O4S/c1-2-31(29,30)25-12-10-17-16(13-25)20(27)24-19(23-17)18-5-3-4-11-26(18)21(28)14-6-8-15(22)9-7-14/h6-9,18H,2-5,10-13H2,1H3,(H,23,24,27)/t18-/m1/s1. The third kappa shape index (κ3) is 4.27. The van der Waals surface area contributed by atoms with Crippen LogP contribution in [0.3, 0.4) is 0 Å². The number of fused-ring (bicyclic) bond motifs is 1. The number of hydrogen-bond acceptors (Lipinski definition) is 5. The van der Waals surface area contributed by atoms with Crippen molar-refractivity contribution in [3.63, 3.8) is 0 Å². The number of carbonyl (C=O) groups is 1. The molecule has 166 valence electrons. The van der Waals surface area contributed by atoms with Crippen LogP contribution in [0.25, 0.3) is 0 Å². The smallest absolute Gasteiger partial charge is 0.255 e. The zero-order chi connectivity index (χ0) is 22.2. The third-order valence-electron chi connectivity index (χ3n) is 5.98. The molecule has 0 bridgehead atoms. The average molecular weight is 449 g/mol. The molecular weight excluding hydrogens is 423 g/mol. The molecule has 1 aromatic heterocycles. The van der Waals surface area contributed by atoms with Gasteiger partial charge in [-0.25, -0.2) is 17.8 Å². The molecular formula is C21H25FN4O4S. The van der Waals surface area contributed by atoms with Crippen LogP contribution in [0.4, 0.5) is 4.39 Å². The van der Waals surface area contributed by atoms with Crippen molar-refractivity contribution in [3.8, 4) is 0 Å². The van der Waals surface area contributed by atoms with E-state index in [1.807, 2.05) is 0 Å². The molecule has 0 radical (unpaired) electrons. The quantitative estimate of drug-likeness (QED) is 0.770. The van der Waals surface area contributed by atoms with Gasteiger partial charge in [0, 0.05) is 31.6 Å². The Bertz CT molecular complexity index is 1150. The molecule has 3 heterocycles. The zero-order valence-corrected chi connectivity index (χ0v) is 18.1. The van der Waals surface area contributed by atoms with E-state index in [0.29, 0.717) is 42.0 Å².